The number of hydrogen-bond donors (Lipinski definition) is 0. The van der Waals surface area contributed by atoms with Crippen molar-refractivity contribution in [3.8, 4) is 11.1 Å². The topological polar surface area (TPSA) is 21.3 Å². The van der Waals surface area contributed by atoms with Gasteiger partial charge >= 0.3 is 6.85 Å². The summed E-state index contributed by atoms with van der Waals surface area (Å²) in [5.41, 5.74) is 16.7. The predicted molar refractivity (Wildman–Crippen MR) is 256 cm³/mol. The largest absolute Gasteiger partial charge is 0.455 e. The van der Waals surface area contributed by atoms with E-state index in [1.165, 1.54) is 125 Å². The summed E-state index contributed by atoms with van der Waals surface area (Å²) in [6.45, 7) is 12.1. The number of furan rings is 1. The third-order valence-electron chi connectivity index (χ3n) is 14.6. The molecule has 0 spiro atoms. The number of anilines is 3. The Balaban J connectivity index is 1.22. The lowest BCUT2D eigenvalue weighted by Gasteiger charge is -2.44. The van der Waals surface area contributed by atoms with Crippen LogP contribution in [0.2, 0.25) is 0 Å². The highest BCUT2D eigenvalue weighted by Crippen LogP contribution is 2.54. The Kier molecular flexibility index (Phi) is 6.09. The van der Waals surface area contributed by atoms with Crippen molar-refractivity contribution in [2.75, 3.05) is 4.90 Å². The monoisotopic (exact) mass is 794 g/mol. The highest BCUT2D eigenvalue weighted by atomic mass is 32.1. The molecule has 0 atom stereocenters. The first-order chi connectivity index (χ1) is 28.7. The molecule has 0 N–H and O–H groups in total. The van der Waals surface area contributed by atoms with Crippen molar-refractivity contribution in [1.29, 1.82) is 0 Å². The van der Waals surface area contributed by atoms with Gasteiger partial charge in [0.05, 0.1) is 4.83 Å². The van der Waals surface area contributed by atoms with E-state index >= 15 is 0 Å². The van der Waals surface area contributed by atoms with Crippen molar-refractivity contribution in [3.63, 3.8) is 0 Å². The maximum Gasteiger partial charge on any atom is 0.335 e. The third-order valence-corrected chi connectivity index (χ3v) is 16.9. The van der Waals surface area contributed by atoms with E-state index in [9.17, 15) is 0 Å². The van der Waals surface area contributed by atoms with E-state index in [0.717, 1.165) is 16.6 Å². The summed E-state index contributed by atoms with van der Waals surface area (Å²) < 4.78 is 13.9. The number of aryl methyl sites for hydroxylation is 1. The molecule has 11 aromatic rings. The summed E-state index contributed by atoms with van der Waals surface area (Å²) in [5, 5.41) is 9.01. The molecule has 0 fully saturated rings. The first-order valence-electron chi connectivity index (χ1n) is 21.0. The van der Waals surface area contributed by atoms with E-state index in [4.69, 9.17) is 4.42 Å². The van der Waals surface area contributed by atoms with Crippen LogP contribution in [0.4, 0.5) is 17.1 Å². The van der Waals surface area contributed by atoms with Crippen LogP contribution in [0.15, 0.2) is 126 Å². The van der Waals surface area contributed by atoms with Crippen molar-refractivity contribution in [2.45, 2.75) is 58.3 Å². The van der Waals surface area contributed by atoms with Gasteiger partial charge in [0.1, 0.15) is 11.2 Å². The maximum absolute atomic E-state index is 7.08. The molecule has 0 amide bonds. The van der Waals surface area contributed by atoms with E-state index in [0.29, 0.717) is 0 Å². The van der Waals surface area contributed by atoms with Crippen LogP contribution in [0.1, 0.15) is 57.2 Å². The van der Waals surface area contributed by atoms with E-state index in [1.807, 2.05) is 22.7 Å². The maximum atomic E-state index is 7.08. The van der Waals surface area contributed by atoms with Crippen LogP contribution in [-0.4, -0.2) is 11.3 Å². The average Bonchev–Trinajstić information content (AvgIpc) is 4.00. The lowest BCUT2D eigenvalue weighted by atomic mass is 9.45. The Morgan fingerprint density at radius 3 is 2.10 bits per heavy atom. The van der Waals surface area contributed by atoms with Gasteiger partial charge in [0.15, 0.2) is 0 Å². The highest BCUT2D eigenvalue weighted by Gasteiger charge is 2.47. The molecule has 282 valence electrons. The Morgan fingerprint density at radius 2 is 1.29 bits per heavy atom. The number of aromatic nitrogens is 1. The Labute approximate surface area is 350 Å². The van der Waals surface area contributed by atoms with Crippen molar-refractivity contribution >= 4 is 131 Å². The molecule has 3 aliphatic rings. The molecule has 0 unspecified atom stereocenters. The number of fused-ring (bicyclic) bond motifs is 18. The molecule has 3 nitrogen and oxygen atoms in total. The van der Waals surface area contributed by atoms with Gasteiger partial charge in [-0.3, -0.25) is 0 Å². The average molecular weight is 795 g/mol. The molecule has 2 aliphatic heterocycles. The zero-order valence-electron chi connectivity index (χ0n) is 33.7. The molecule has 0 bridgehead atoms. The van der Waals surface area contributed by atoms with Gasteiger partial charge in [-0.15, -0.1) is 22.7 Å². The van der Waals surface area contributed by atoms with E-state index < -0.39 is 0 Å². The number of para-hydroxylation sites is 2. The van der Waals surface area contributed by atoms with Crippen LogP contribution >= 0.6 is 22.7 Å². The van der Waals surface area contributed by atoms with Gasteiger partial charge in [-0.1, -0.05) is 113 Å². The quantitative estimate of drug-likeness (QED) is 0.154. The summed E-state index contributed by atoms with van der Waals surface area (Å²) >= 11 is 3.90. The minimum absolute atomic E-state index is 0.0660. The molecular weight excluding hydrogens is 756 g/mol. The second-order valence-corrected chi connectivity index (χ2v) is 20.8. The fourth-order valence-corrected chi connectivity index (χ4v) is 14.1. The molecule has 6 heterocycles. The summed E-state index contributed by atoms with van der Waals surface area (Å²) in [4.78, 5) is 4.01. The standard InChI is InChI=1S/C53H39BN2OS2/c1-28-25-36-37(53(4,5)24-23-52(36,2)3)27-39(28)55-38-22-21-31-30-14-7-10-19-42(30)58-50(31)47(38)54-46-40(55)26-35-29-13-6-9-18-41(29)57-49(35)45(46)34-17-12-16-33-44-32-15-8-11-20-43(32)59-51(44)56(54)48(33)34/h6-22,25-27H,23-24H2,1-5H3. The van der Waals surface area contributed by atoms with Crippen LogP contribution in [-0.2, 0) is 10.8 Å². The van der Waals surface area contributed by atoms with Crippen LogP contribution < -0.4 is 15.8 Å². The molecule has 0 saturated carbocycles. The SMILES string of the molecule is Cc1cc2c(cc1N1c3cc4c(oc5ccccc54)c4c3B(c3c1ccc1c3sc3ccccc31)n1c3sc5ccccc5c3c3cccc-4c31)C(C)(C)CCC2(C)C. The summed E-state index contributed by atoms with van der Waals surface area (Å²) in [6.07, 6.45) is 2.36. The molecule has 6 heteroatoms. The predicted octanol–water partition coefficient (Wildman–Crippen LogP) is 14.4. The van der Waals surface area contributed by atoms with Crippen LogP contribution in [0.5, 0.6) is 0 Å². The highest BCUT2D eigenvalue weighted by molar-refractivity contribution is 7.28. The Morgan fingerprint density at radius 1 is 0.593 bits per heavy atom. The zero-order chi connectivity index (χ0) is 39.3. The van der Waals surface area contributed by atoms with Crippen LogP contribution in [0.25, 0.3) is 84.4 Å². The molecule has 14 rings (SSSR count). The molecule has 4 aromatic heterocycles. The van der Waals surface area contributed by atoms with Gasteiger partial charge in [-0.25, -0.2) is 0 Å². The smallest absolute Gasteiger partial charge is 0.335 e. The minimum atomic E-state index is -0.0723. The fraction of sp³-hybridized carbons (Fsp3) is 0.170. The van der Waals surface area contributed by atoms with Crippen molar-refractivity contribution in [3.05, 3.63) is 138 Å². The van der Waals surface area contributed by atoms with E-state index in [2.05, 4.69) is 165 Å². The number of benzene rings is 7. The van der Waals surface area contributed by atoms with Crippen molar-refractivity contribution in [2.24, 2.45) is 0 Å². The third kappa shape index (κ3) is 4.00. The zero-order valence-corrected chi connectivity index (χ0v) is 35.3. The van der Waals surface area contributed by atoms with Crippen molar-refractivity contribution < 1.29 is 4.42 Å². The van der Waals surface area contributed by atoms with Crippen molar-refractivity contribution in [1.82, 2.24) is 4.48 Å². The molecule has 1 aliphatic carbocycles. The summed E-state index contributed by atoms with van der Waals surface area (Å²) in [6, 6.07) is 46.1. The molecule has 0 radical (unpaired) electrons. The molecule has 0 saturated heterocycles. The number of thiophene rings is 2. The number of hydrogen-bond acceptors (Lipinski definition) is 4. The lowest BCUT2D eigenvalue weighted by molar-refractivity contribution is 0.332. The Hall–Kier alpha value is -5.82. The number of rotatable bonds is 1. The fourth-order valence-electron chi connectivity index (χ4n) is 11.6. The second-order valence-electron chi connectivity index (χ2n) is 18.7. The lowest BCUT2D eigenvalue weighted by Crippen LogP contribution is -2.56. The van der Waals surface area contributed by atoms with Gasteiger partial charge in [0.2, 0.25) is 0 Å². The minimum Gasteiger partial charge on any atom is -0.455 e. The van der Waals surface area contributed by atoms with Gasteiger partial charge in [0.25, 0.3) is 0 Å². The van der Waals surface area contributed by atoms with Crippen LogP contribution in [0, 0.1) is 6.92 Å². The normalized spacial score (nSPS) is 16.3. The van der Waals surface area contributed by atoms with E-state index in [1.54, 1.807) is 0 Å². The molecule has 7 aromatic carbocycles. The molecular formula is C53H39BN2OS2. The van der Waals surface area contributed by atoms with Gasteiger partial charge < -0.3 is 13.8 Å². The van der Waals surface area contributed by atoms with E-state index in [-0.39, 0.29) is 17.7 Å². The van der Waals surface area contributed by atoms with Gasteiger partial charge in [-0.05, 0) is 94.6 Å². The van der Waals surface area contributed by atoms with Crippen LogP contribution in [0.3, 0.4) is 0 Å². The first kappa shape index (κ1) is 33.1. The second kappa shape index (κ2) is 10.9. The summed E-state index contributed by atoms with van der Waals surface area (Å²) in [5.74, 6) is 0. The van der Waals surface area contributed by atoms with Gasteiger partial charge in [0, 0.05) is 85.5 Å². The molecule has 59 heavy (non-hydrogen) atoms. The summed E-state index contributed by atoms with van der Waals surface area (Å²) in [7, 11) is 0. The number of nitrogens with zero attached hydrogens (tertiary/aromatic N) is 2. The Bertz CT molecular complexity index is 3720. The van der Waals surface area contributed by atoms with Gasteiger partial charge in [-0.2, -0.15) is 0 Å². The first-order valence-corrected chi connectivity index (χ1v) is 22.6.